The Balaban J connectivity index is 2.71. The predicted octanol–water partition coefficient (Wildman–Crippen LogP) is 1.15. The summed E-state index contributed by atoms with van der Waals surface area (Å²) in [4.78, 5) is 0.101. The molecule has 0 spiro atoms. The third kappa shape index (κ3) is 4.91. The molecule has 4 N–H and O–H groups in total. The van der Waals surface area contributed by atoms with Crippen molar-refractivity contribution < 1.29 is 13.5 Å². The van der Waals surface area contributed by atoms with Gasteiger partial charge >= 0.3 is 0 Å². The normalized spacial score (nSPS) is 16.9. The van der Waals surface area contributed by atoms with Gasteiger partial charge in [0.05, 0.1) is 10.5 Å². The second kappa shape index (κ2) is 6.00. The topological polar surface area (TPSA) is 92.4 Å². The minimum absolute atomic E-state index is 0.0209. The molecule has 0 amide bonds. The zero-order chi connectivity index (χ0) is 14.7. The summed E-state index contributed by atoms with van der Waals surface area (Å²) in [5.74, 6) is 0. The number of sulfonamides is 1. The van der Waals surface area contributed by atoms with Crippen molar-refractivity contribution in [3.8, 4) is 0 Å². The van der Waals surface area contributed by atoms with E-state index in [4.69, 9.17) is 5.14 Å². The maximum Gasteiger partial charge on any atom is 0.238 e. The Bertz CT molecular complexity index is 509. The van der Waals surface area contributed by atoms with E-state index in [-0.39, 0.29) is 10.9 Å². The fourth-order valence-corrected chi connectivity index (χ4v) is 2.08. The number of nitrogens with two attached hydrogens (primary N) is 1. The maximum absolute atomic E-state index is 11.1. The summed E-state index contributed by atoms with van der Waals surface area (Å²) in [6.45, 7) is 6.13. The average molecular weight is 286 g/mol. The number of aliphatic hydroxyl groups is 1. The van der Waals surface area contributed by atoms with Gasteiger partial charge in [-0.25, -0.2) is 13.6 Å². The second-order valence-electron chi connectivity index (χ2n) is 5.07. The Morgan fingerprint density at radius 3 is 2.32 bits per heavy atom. The molecule has 1 aromatic carbocycles. The van der Waals surface area contributed by atoms with E-state index in [1.54, 1.807) is 19.1 Å². The first-order valence-corrected chi connectivity index (χ1v) is 7.79. The van der Waals surface area contributed by atoms with Crippen LogP contribution in [0.3, 0.4) is 0 Å². The number of benzene rings is 1. The predicted molar refractivity (Wildman–Crippen MR) is 75.1 cm³/mol. The third-order valence-corrected chi connectivity index (χ3v) is 4.19. The van der Waals surface area contributed by atoms with E-state index in [1.807, 2.05) is 13.8 Å². The first-order chi connectivity index (χ1) is 8.65. The van der Waals surface area contributed by atoms with E-state index in [2.05, 4.69) is 5.32 Å². The van der Waals surface area contributed by atoms with Crippen LogP contribution in [0.5, 0.6) is 0 Å². The third-order valence-electron chi connectivity index (χ3n) is 3.26. The highest BCUT2D eigenvalue weighted by atomic mass is 32.2. The molecule has 0 radical (unpaired) electrons. The molecule has 2 unspecified atom stereocenters. The monoisotopic (exact) mass is 286 g/mol. The smallest absolute Gasteiger partial charge is 0.238 e. The molecule has 0 heterocycles. The van der Waals surface area contributed by atoms with Gasteiger partial charge in [-0.2, -0.15) is 0 Å². The van der Waals surface area contributed by atoms with Crippen LogP contribution in [0.4, 0.5) is 0 Å². The summed E-state index contributed by atoms with van der Waals surface area (Å²) in [6.07, 6.45) is 0.664. The molecular formula is C13H22N2O3S. The minimum Gasteiger partial charge on any atom is -0.389 e. The van der Waals surface area contributed by atoms with Gasteiger partial charge in [-0.3, -0.25) is 0 Å². The van der Waals surface area contributed by atoms with Gasteiger partial charge in [0.1, 0.15) is 0 Å². The quantitative estimate of drug-likeness (QED) is 0.731. The van der Waals surface area contributed by atoms with Crippen LogP contribution in [0.2, 0.25) is 0 Å². The highest BCUT2D eigenvalue weighted by Gasteiger charge is 2.18. The Kier molecular flexibility index (Phi) is 5.09. The summed E-state index contributed by atoms with van der Waals surface area (Å²) in [7, 11) is -3.65. The Labute approximate surface area is 114 Å². The molecule has 0 saturated heterocycles. The van der Waals surface area contributed by atoms with E-state index >= 15 is 0 Å². The van der Waals surface area contributed by atoms with E-state index in [9.17, 15) is 13.5 Å². The van der Waals surface area contributed by atoms with E-state index in [0.717, 1.165) is 5.56 Å². The molecule has 0 aromatic heterocycles. The fraction of sp³-hybridized carbons (Fsp3) is 0.538. The van der Waals surface area contributed by atoms with Crippen LogP contribution in [0.15, 0.2) is 29.2 Å². The van der Waals surface area contributed by atoms with Gasteiger partial charge in [0.15, 0.2) is 0 Å². The molecule has 1 rings (SSSR count). The van der Waals surface area contributed by atoms with Crippen LogP contribution in [0.1, 0.15) is 38.8 Å². The van der Waals surface area contributed by atoms with Crippen molar-refractivity contribution in [1.82, 2.24) is 5.32 Å². The second-order valence-corrected chi connectivity index (χ2v) is 6.63. The van der Waals surface area contributed by atoms with Crippen LogP contribution in [0.25, 0.3) is 0 Å². The summed E-state index contributed by atoms with van der Waals surface area (Å²) < 4.78 is 22.3. The van der Waals surface area contributed by atoms with Crippen molar-refractivity contribution in [3.05, 3.63) is 29.8 Å². The fourth-order valence-electron chi connectivity index (χ4n) is 1.56. The Morgan fingerprint density at radius 1 is 1.37 bits per heavy atom. The lowest BCUT2D eigenvalue weighted by molar-refractivity contribution is 0.0533. The van der Waals surface area contributed by atoms with Gasteiger partial charge in [-0.05, 0) is 38.0 Å². The molecule has 1 aromatic rings. The van der Waals surface area contributed by atoms with E-state index in [1.165, 1.54) is 12.1 Å². The largest absolute Gasteiger partial charge is 0.389 e. The van der Waals surface area contributed by atoms with Gasteiger partial charge < -0.3 is 10.4 Å². The van der Waals surface area contributed by atoms with E-state index < -0.39 is 15.6 Å². The molecule has 0 aliphatic rings. The first kappa shape index (κ1) is 16.1. The van der Waals surface area contributed by atoms with Crippen molar-refractivity contribution in [2.45, 2.75) is 43.7 Å². The average Bonchev–Trinajstić information content (AvgIpc) is 2.35. The van der Waals surface area contributed by atoms with Crippen molar-refractivity contribution in [1.29, 1.82) is 0 Å². The van der Waals surface area contributed by atoms with E-state index in [0.29, 0.717) is 13.0 Å². The van der Waals surface area contributed by atoms with Crippen LogP contribution in [0, 0.1) is 0 Å². The van der Waals surface area contributed by atoms with Crippen LogP contribution in [-0.2, 0) is 10.0 Å². The van der Waals surface area contributed by atoms with Crippen molar-refractivity contribution >= 4 is 10.0 Å². The lowest BCUT2D eigenvalue weighted by Gasteiger charge is -2.24. The summed E-state index contributed by atoms with van der Waals surface area (Å²) >= 11 is 0. The highest BCUT2D eigenvalue weighted by molar-refractivity contribution is 7.89. The molecule has 0 aliphatic heterocycles. The van der Waals surface area contributed by atoms with Gasteiger partial charge in [0.25, 0.3) is 0 Å². The summed E-state index contributed by atoms with van der Waals surface area (Å²) in [6, 6.07) is 6.44. The number of hydrogen-bond donors (Lipinski definition) is 3. The maximum atomic E-state index is 11.1. The first-order valence-electron chi connectivity index (χ1n) is 6.24. The molecule has 0 fully saturated rings. The molecule has 6 heteroatoms. The van der Waals surface area contributed by atoms with Crippen LogP contribution < -0.4 is 10.5 Å². The molecule has 2 atom stereocenters. The SMILES string of the molecule is CCC(C)(O)CNC(C)c1ccc(S(N)(=O)=O)cc1. The van der Waals surface area contributed by atoms with Crippen molar-refractivity contribution in [2.75, 3.05) is 6.54 Å². The zero-order valence-electron chi connectivity index (χ0n) is 11.6. The van der Waals surface area contributed by atoms with Crippen LogP contribution in [-0.4, -0.2) is 25.7 Å². The number of rotatable bonds is 6. The molecule has 19 heavy (non-hydrogen) atoms. The van der Waals surface area contributed by atoms with Gasteiger partial charge in [-0.15, -0.1) is 0 Å². The molecule has 108 valence electrons. The zero-order valence-corrected chi connectivity index (χ0v) is 12.4. The van der Waals surface area contributed by atoms with Crippen molar-refractivity contribution in [3.63, 3.8) is 0 Å². The Morgan fingerprint density at radius 2 is 1.89 bits per heavy atom. The Hall–Kier alpha value is -0.950. The lowest BCUT2D eigenvalue weighted by Crippen LogP contribution is -2.38. The highest BCUT2D eigenvalue weighted by Crippen LogP contribution is 2.16. The summed E-state index contributed by atoms with van der Waals surface area (Å²) in [5.41, 5.74) is 0.203. The molecule has 0 bridgehead atoms. The number of hydrogen-bond acceptors (Lipinski definition) is 4. The number of nitrogens with one attached hydrogen (secondary N) is 1. The van der Waals surface area contributed by atoms with Gasteiger partial charge in [0.2, 0.25) is 10.0 Å². The molecule has 0 aliphatic carbocycles. The minimum atomic E-state index is -3.65. The summed E-state index contributed by atoms with van der Waals surface area (Å²) in [5, 5.41) is 18.2. The molecule has 0 saturated carbocycles. The standard InChI is InChI=1S/C13H22N2O3S/c1-4-13(3,16)9-15-10(2)11-5-7-12(8-6-11)19(14,17)18/h5-8,10,15-16H,4,9H2,1-3H3,(H2,14,17,18). The number of primary sulfonamides is 1. The van der Waals surface area contributed by atoms with Crippen LogP contribution >= 0.6 is 0 Å². The van der Waals surface area contributed by atoms with Gasteiger partial charge in [0, 0.05) is 12.6 Å². The molecular weight excluding hydrogens is 264 g/mol. The lowest BCUT2D eigenvalue weighted by atomic mass is 10.0. The van der Waals surface area contributed by atoms with Gasteiger partial charge in [-0.1, -0.05) is 19.1 Å². The van der Waals surface area contributed by atoms with Crippen molar-refractivity contribution in [2.24, 2.45) is 5.14 Å². The molecule has 5 nitrogen and oxygen atoms in total.